The molecule has 0 bridgehead atoms. The quantitative estimate of drug-likeness (QED) is 0.540. The first-order chi connectivity index (χ1) is 14.3. The monoisotopic (exact) mass is 468 g/mol. The molecule has 5 nitrogen and oxygen atoms in total. The number of nitrogens with zero attached hydrogens (tertiary/aromatic N) is 2. The van der Waals surface area contributed by atoms with Crippen molar-refractivity contribution in [2.24, 2.45) is 0 Å². The molecule has 2 aromatic carbocycles. The van der Waals surface area contributed by atoms with Gasteiger partial charge in [0.25, 0.3) is 5.91 Å². The van der Waals surface area contributed by atoms with Gasteiger partial charge in [0.2, 0.25) is 5.76 Å². The van der Waals surface area contributed by atoms with E-state index in [9.17, 15) is 9.59 Å². The summed E-state index contributed by atoms with van der Waals surface area (Å²) < 4.78 is 6.78. The third-order valence-electron chi connectivity index (χ3n) is 5.63. The summed E-state index contributed by atoms with van der Waals surface area (Å²) in [7, 11) is 3.94. The maximum atomic E-state index is 13.5. The normalized spacial score (nSPS) is 16.2. The molecule has 1 unspecified atom stereocenters. The molecule has 1 aliphatic rings. The number of fused-ring (bicyclic) bond motifs is 2. The highest BCUT2D eigenvalue weighted by Gasteiger charge is 2.42. The zero-order valence-electron chi connectivity index (χ0n) is 17.6. The van der Waals surface area contributed by atoms with E-state index in [1.807, 2.05) is 37.2 Å². The van der Waals surface area contributed by atoms with Gasteiger partial charge in [0, 0.05) is 17.6 Å². The standard InChI is InChI=1S/C24H25BrN2O3/c1-14(2)15-5-7-16(8-6-15)21-20-22(28)18-13-17(25)9-10-19(18)30-23(20)24(29)27(21)12-11-26(3)4/h5-10,13-14,21H,11-12H2,1-4H3. The molecule has 3 aromatic rings. The molecule has 1 aliphatic heterocycles. The Hall–Kier alpha value is -2.44. The van der Waals surface area contributed by atoms with Gasteiger partial charge in [-0.15, -0.1) is 0 Å². The van der Waals surface area contributed by atoms with Crippen molar-refractivity contribution in [3.63, 3.8) is 0 Å². The molecule has 30 heavy (non-hydrogen) atoms. The van der Waals surface area contributed by atoms with Crippen LogP contribution in [0.3, 0.4) is 0 Å². The van der Waals surface area contributed by atoms with Crippen LogP contribution in [0.1, 0.15) is 53.1 Å². The largest absolute Gasteiger partial charge is 0.450 e. The summed E-state index contributed by atoms with van der Waals surface area (Å²) >= 11 is 3.43. The van der Waals surface area contributed by atoms with Crippen LogP contribution in [-0.2, 0) is 0 Å². The zero-order valence-corrected chi connectivity index (χ0v) is 19.2. The second-order valence-electron chi connectivity index (χ2n) is 8.34. The molecule has 2 heterocycles. The minimum atomic E-state index is -0.451. The summed E-state index contributed by atoms with van der Waals surface area (Å²) in [5.41, 5.74) is 2.86. The first kappa shape index (κ1) is 20.8. The Morgan fingerprint density at radius 2 is 1.80 bits per heavy atom. The number of rotatable bonds is 5. The minimum Gasteiger partial charge on any atom is -0.450 e. The molecule has 0 saturated carbocycles. The second-order valence-corrected chi connectivity index (χ2v) is 9.26. The molecular weight excluding hydrogens is 444 g/mol. The summed E-state index contributed by atoms with van der Waals surface area (Å²) in [6.45, 7) is 5.49. The van der Waals surface area contributed by atoms with Crippen LogP contribution in [0.4, 0.5) is 0 Å². The van der Waals surface area contributed by atoms with Crippen molar-refractivity contribution >= 4 is 32.8 Å². The van der Waals surface area contributed by atoms with Crippen LogP contribution in [0.2, 0.25) is 0 Å². The summed E-state index contributed by atoms with van der Waals surface area (Å²) in [5.74, 6) is 0.339. The van der Waals surface area contributed by atoms with Gasteiger partial charge in [-0.2, -0.15) is 0 Å². The van der Waals surface area contributed by atoms with Gasteiger partial charge in [0.15, 0.2) is 5.43 Å². The Kier molecular flexibility index (Phi) is 5.55. The maximum Gasteiger partial charge on any atom is 0.290 e. The van der Waals surface area contributed by atoms with Crippen LogP contribution < -0.4 is 5.43 Å². The lowest BCUT2D eigenvalue weighted by Gasteiger charge is -2.26. The maximum absolute atomic E-state index is 13.5. The third-order valence-corrected chi connectivity index (χ3v) is 6.13. The highest BCUT2D eigenvalue weighted by atomic mass is 79.9. The number of hydrogen-bond donors (Lipinski definition) is 0. The van der Waals surface area contributed by atoms with Crippen LogP contribution >= 0.6 is 15.9 Å². The van der Waals surface area contributed by atoms with Crippen molar-refractivity contribution in [3.05, 3.63) is 79.6 Å². The van der Waals surface area contributed by atoms with Crippen molar-refractivity contribution in [1.29, 1.82) is 0 Å². The number of amides is 1. The van der Waals surface area contributed by atoms with Gasteiger partial charge in [-0.1, -0.05) is 54.0 Å². The molecule has 1 aromatic heterocycles. The molecule has 1 atom stereocenters. The average molecular weight is 469 g/mol. The van der Waals surface area contributed by atoms with Crippen LogP contribution in [0.25, 0.3) is 11.0 Å². The van der Waals surface area contributed by atoms with Crippen LogP contribution in [0.5, 0.6) is 0 Å². The summed E-state index contributed by atoms with van der Waals surface area (Å²) in [6.07, 6.45) is 0. The third kappa shape index (κ3) is 3.59. The molecule has 156 valence electrons. The lowest BCUT2D eigenvalue weighted by molar-refractivity contribution is 0.0716. The molecule has 6 heteroatoms. The molecule has 0 aliphatic carbocycles. The second kappa shape index (κ2) is 8.00. The highest BCUT2D eigenvalue weighted by Crippen LogP contribution is 2.38. The van der Waals surface area contributed by atoms with E-state index in [2.05, 4.69) is 41.9 Å². The molecule has 0 N–H and O–H groups in total. The van der Waals surface area contributed by atoms with Crippen molar-refractivity contribution < 1.29 is 9.21 Å². The van der Waals surface area contributed by atoms with Gasteiger partial charge in [-0.3, -0.25) is 9.59 Å². The molecule has 4 rings (SSSR count). The fourth-order valence-corrected chi connectivity index (χ4v) is 4.30. The van der Waals surface area contributed by atoms with Crippen molar-refractivity contribution in [1.82, 2.24) is 9.80 Å². The van der Waals surface area contributed by atoms with E-state index in [1.165, 1.54) is 5.56 Å². The van der Waals surface area contributed by atoms with Gasteiger partial charge in [0.1, 0.15) is 5.58 Å². The van der Waals surface area contributed by atoms with E-state index in [0.29, 0.717) is 35.5 Å². The lowest BCUT2D eigenvalue weighted by atomic mass is 9.95. The van der Waals surface area contributed by atoms with E-state index in [0.717, 1.165) is 10.0 Å². The molecule has 1 amide bonds. The molecule has 0 spiro atoms. The first-order valence-electron chi connectivity index (χ1n) is 10.1. The van der Waals surface area contributed by atoms with E-state index in [4.69, 9.17) is 4.42 Å². The lowest BCUT2D eigenvalue weighted by Crippen LogP contribution is -2.35. The Bertz CT molecular complexity index is 1170. The Labute approximate surface area is 184 Å². The molecule has 0 saturated heterocycles. The van der Waals surface area contributed by atoms with Crippen LogP contribution in [0.15, 0.2) is 56.1 Å². The zero-order chi connectivity index (χ0) is 21.6. The average Bonchev–Trinajstić information content (AvgIpc) is 2.99. The number of carbonyl (C=O) groups excluding carboxylic acids is 1. The van der Waals surface area contributed by atoms with Gasteiger partial charge < -0.3 is 14.2 Å². The molecule has 0 radical (unpaired) electrons. The van der Waals surface area contributed by atoms with Crippen molar-refractivity contribution in [2.45, 2.75) is 25.8 Å². The van der Waals surface area contributed by atoms with E-state index in [1.54, 1.807) is 17.0 Å². The number of hydrogen-bond acceptors (Lipinski definition) is 4. The smallest absolute Gasteiger partial charge is 0.290 e. The fourth-order valence-electron chi connectivity index (χ4n) is 3.94. The SMILES string of the molecule is CC(C)c1ccc(C2c3c(oc4ccc(Br)cc4c3=O)C(=O)N2CCN(C)C)cc1. The predicted octanol–water partition coefficient (Wildman–Crippen LogP) is 4.79. The summed E-state index contributed by atoms with van der Waals surface area (Å²) in [6, 6.07) is 13.0. The molecular formula is C24H25BrN2O3. The van der Waals surface area contributed by atoms with Gasteiger partial charge >= 0.3 is 0 Å². The number of benzene rings is 2. The number of carbonyl (C=O) groups is 1. The van der Waals surface area contributed by atoms with Crippen molar-refractivity contribution in [2.75, 3.05) is 27.2 Å². The van der Waals surface area contributed by atoms with E-state index >= 15 is 0 Å². The molecule has 0 fully saturated rings. The van der Waals surface area contributed by atoms with Gasteiger partial charge in [0.05, 0.1) is 17.0 Å². The Morgan fingerprint density at radius 1 is 1.10 bits per heavy atom. The number of likely N-dealkylation sites (N-methyl/N-ethyl adjacent to an activating group) is 1. The van der Waals surface area contributed by atoms with Crippen LogP contribution in [0, 0.1) is 0 Å². The first-order valence-corrected chi connectivity index (χ1v) is 10.9. The van der Waals surface area contributed by atoms with E-state index in [-0.39, 0.29) is 17.1 Å². The van der Waals surface area contributed by atoms with Crippen LogP contribution in [-0.4, -0.2) is 42.9 Å². The highest BCUT2D eigenvalue weighted by molar-refractivity contribution is 9.10. The predicted molar refractivity (Wildman–Crippen MR) is 122 cm³/mol. The van der Waals surface area contributed by atoms with Gasteiger partial charge in [-0.05, 0) is 49.3 Å². The van der Waals surface area contributed by atoms with E-state index < -0.39 is 6.04 Å². The van der Waals surface area contributed by atoms with Gasteiger partial charge in [-0.25, -0.2) is 0 Å². The topological polar surface area (TPSA) is 53.8 Å². The number of halogens is 1. The summed E-state index contributed by atoms with van der Waals surface area (Å²) in [4.78, 5) is 30.6. The summed E-state index contributed by atoms with van der Waals surface area (Å²) in [5, 5.41) is 0.481. The van der Waals surface area contributed by atoms with Crippen molar-refractivity contribution in [3.8, 4) is 0 Å². The Morgan fingerprint density at radius 3 is 2.43 bits per heavy atom. The Balaban J connectivity index is 1.91. The minimum absolute atomic E-state index is 0.147. The fraction of sp³-hybridized carbons (Fsp3) is 0.333.